The lowest BCUT2D eigenvalue weighted by Crippen LogP contribution is -2.62. The number of carbonyl (C=O) groups excluding carboxylic acids is 4. The summed E-state index contributed by atoms with van der Waals surface area (Å²) < 4.78 is 27.2. The first-order valence-electron chi connectivity index (χ1n) is 14.3. The molecule has 2 N–H and O–H groups in total. The number of aliphatic hydroxyl groups is 1. The Balaban J connectivity index is 2.19. The number of allylic oxidation sites excluding steroid dienone is 4. The number of aliphatic hydroxyl groups excluding tert-OH is 1. The van der Waals surface area contributed by atoms with Gasteiger partial charge >= 0.3 is 17.9 Å². The lowest BCUT2D eigenvalue weighted by Gasteiger charge is -2.42. The summed E-state index contributed by atoms with van der Waals surface area (Å²) in [6.45, 7) is 11.3. The van der Waals surface area contributed by atoms with Crippen LogP contribution in [0.5, 0.6) is 11.5 Å². The van der Waals surface area contributed by atoms with Gasteiger partial charge in [0.1, 0.15) is 17.3 Å². The Labute approximate surface area is 252 Å². The summed E-state index contributed by atoms with van der Waals surface area (Å²) in [5.41, 5.74) is 2.69. The average Bonchev–Trinajstić information content (AvgIpc) is 2.87. The van der Waals surface area contributed by atoms with Crippen LogP contribution in [0.1, 0.15) is 79.7 Å². The van der Waals surface area contributed by atoms with Crippen LogP contribution in [0.3, 0.4) is 0 Å². The molecule has 1 aliphatic heterocycles. The summed E-state index contributed by atoms with van der Waals surface area (Å²) in [6.07, 6.45) is -0.614. The molecule has 1 saturated heterocycles. The van der Waals surface area contributed by atoms with Crippen molar-refractivity contribution in [3.63, 3.8) is 0 Å². The predicted octanol–water partition coefficient (Wildman–Crippen LogP) is 4.46. The molecule has 0 aliphatic carbocycles. The molecule has 5 atom stereocenters. The van der Waals surface area contributed by atoms with Gasteiger partial charge in [-0.05, 0) is 57.2 Å². The molecule has 0 bridgehead atoms. The van der Waals surface area contributed by atoms with Gasteiger partial charge in [0.05, 0.1) is 0 Å². The second kappa shape index (κ2) is 16.8. The van der Waals surface area contributed by atoms with Gasteiger partial charge in [-0.15, -0.1) is 0 Å². The van der Waals surface area contributed by atoms with E-state index in [9.17, 15) is 29.4 Å². The standard InChI is InChI=1S/C32H44O11/c1-18(2)15-26(37)16-20(4)10-8-9-19(3)11-12-24-17-25(36)13-14-27(24)42-31-28(38)29(39-21(5)33)30(40-22(6)34)32(43-31)41-23(7)35/h10-11,13-14,17-18,28-32,36,38H,8-9,12,15-16H2,1-7H3. The molecule has 1 heterocycles. The van der Waals surface area contributed by atoms with E-state index in [1.807, 2.05) is 33.8 Å². The largest absolute Gasteiger partial charge is 0.508 e. The van der Waals surface area contributed by atoms with Crippen LogP contribution in [-0.2, 0) is 44.5 Å². The number of phenolic OH excluding ortho intramolecular Hbond substituents is 1. The number of rotatable bonds is 14. The number of carbonyl (C=O) groups is 4. The molecule has 0 saturated carbocycles. The minimum absolute atomic E-state index is 0.00589. The minimum Gasteiger partial charge on any atom is -0.508 e. The minimum atomic E-state index is -1.64. The molecule has 1 aromatic rings. The average molecular weight is 605 g/mol. The van der Waals surface area contributed by atoms with Gasteiger partial charge in [-0.25, -0.2) is 0 Å². The lowest BCUT2D eigenvalue weighted by atomic mass is 10.0. The van der Waals surface area contributed by atoms with Crippen LogP contribution in [0, 0.1) is 5.92 Å². The normalized spacial score (nSPS) is 22.6. The van der Waals surface area contributed by atoms with Crippen LogP contribution < -0.4 is 4.74 Å². The maximum absolute atomic E-state index is 12.1. The van der Waals surface area contributed by atoms with Crippen LogP contribution in [0.15, 0.2) is 41.5 Å². The van der Waals surface area contributed by atoms with Crippen LogP contribution in [0.4, 0.5) is 0 Å². The van der Waals surface area contributed by atoms with Crippen molar-refractivity contribution in [3.8, 4) is 11.5 Å². The Bertz CT molecular complexity index is 1200. The van der Waals surface area contributed by atoms with Crippen LogP contribution in [0.2, 0.25) is 0 Å². The van der Waals surface area contributed by atoms with Crippen molar-refractivity contribution in [2.45, 2.75) is 111 Å². The van der Waals surface area contributed by atoms with E-state index in [4.69, 9.17) is 23.7 Å². The van der Waals surface area contributed by atoms with Crippen molar-refractivity contribution in [2.24, 2.45) is 5.92 Å². The molecular weight excluding hydrogens is 560 g/mol. The van der Waals surface area contributed by atoms with Gasteiger partial charge in [-0.3, -0.25) is 23.9 Å². The van der Waals surface area contributed by atoms with Gasteiger partial charge in [0.15, 0.2) is 12.2 Å². The molecule has 238 valence electrons. The van der Waals surface area contributed by atoms with Gasteiger partial charge in [-0.1, -0.05) is 37.1 Å². The molecule has 1 fully saturated rings. The van der Waals surface area contributed by atoms with Crippen molar-refractivity contribution in [1.29, 1.82) is 0 Å². The topological polar surface area (TPSA) is 155 Å². The molecule has 0 amide bonds. The zero-order valence-corrected chi connectivity index (χ0v) is 26.0. The van der Waals surface area contributed by atoms with E-state index in [1.54, 1.807) is 0 Å². The van der Waals surface area contributed by atoms with E-state index in [-0.39, 0.29) is 17.3 Å². The number of esters is 3. The van der Waals surface area contributed by atoms with E-state index in [1.165, 1.54) is 18.2 Å². The fourth-order valence-electron chi connectivity index (χ4n) is 4.60. The fraction of sp³-hybridized carbons (Fsp3) is 0.562. The van der Waals surface area contributed by atoms with Gasteiger partial charge in [0.2, 0.25) is 18.7 Å². The molecule has 11 nitrogen and oxygen atoms in total. The highest BCUT2D eigenvalue weighted by Crippen LogP contribution is 2.32. The number of ketones is 1. The Hall–Kier alpha value is -3.70. The molecule has 0 radical (unpaired) electrons. The number of ether oxygens (including phenoxy) is 5. The predicted molar refractivity (Wildman–Crippen MR) is 156 cm³/mol. The van der Waals surface area contributed by atoms with E-state index < -0.39 is 48.8 Å². The van der Waals surface area contributed by atoms with Crippen LogP contribution in [-0.4, -0.2) is 64.8 Å². The molecule has 0 aromatic heterocycles. The molecule has 1 aliphatic rings. The number of hydrogen-bond acceptors (Lipinski definition) is 11. The summed E-state index contributed by atoms with van der Waals surface area (Å²) in [5, 5.41) is 21.2. The molecule has 2 rings (SSSR count). The zero-order valence-electron chi connectivity index (χ0n) is 26.0. The molecule has 11 heteroatoms. The molecular formula is C32H44O11. The highest BCUT2D eigenvalue weighted by atomic mass is 16.8. The van der Waals surface area contributed by atoms with Gasteiger partial charge < -0.3 is 29.2 Å². The molecule has 5 unspecified atom stereocenters. The Kier molecular flexibility index (Phi) is 13.9. The number of phenols is 1. The maximum Gasteiger partial charge on any atom is 0.305 e. The van der Waals surface area contributed by atoms with E-state index in [2.05, 4.69) is 6.08 Å². The second-order valence-corrected chi connectivity index (χ2v) is 11.2. The smallest absolute Gasteiger partial charge is 0.305 e. The summed E-state index contributed by atoms with van der Waals surface area (Å²) in [7, 11) is 0. The highest BCUT2D eigenvalue weighted by Gasteiger charge is 2.52. The second-order valence-electron chi connectivity index (χ2n) is 11.2. The summed E-state index contributed by atoms with van der Waals surface area (Å²) in [5.74, 6) is -1.50. The van der Waals surface area contributed by atoms with Crippen molar-refractivity contribution in [3.05, 3.63) is 47.1 Å². The fourth-order valence-corrected chi connectivity index (χ4v) is 4.60. The van der Waals surface area contributed by atoms with Crippen LogP contribution in [0.25, 0.3) is 0 Å². The van der Waals surface area contributed by atoms with Crippen LogP contribution >= 0.6 is 0 Å². The van der Waals surface area contributed by atoms with E-state index >= 15 is 0 Å². The summed E-state index contributed by atoms with van der Waals surface area (Å²) in [4.78, 5) is 47.3. The van der Waals surface area contributed by atoms with E-state index in [0.717, 1.165) is 44.8 Å². The third-order valence-electron chi connectivity index (χ3n) is 6.46. The number of benzene rings is 1. The third-order valence-corrected chi connectivity index (χ3v) is 6.46. The van der Waals surface area contributed by atoms with E-state index in [0.29, 0.717) is 30.7 Å². The molecule has 43 heavy (non-hydrogen) atoms. The summed E-state index contributed by atoms with van der Waals surface area (Å²) >= 11 is 0. The van der Waals surface area contributed by atoms with Crippen molar-refractivity contribution >= 4 is 23.7 Å². The first kappa shape index (κ1) is 35.5. The monoisotopic (exact) mass is 604 g/mol. The van der Waals surface area contributed by atoms with Gasteiger partial charge in [0.25, 0.3) is 0 Å². The first-order chi connectivity index (χ1) is 20.2. The number of hydrogen-bond donors (Lipinski definition) is 2. The Morgan fingerprint density at radius 1 is 0.884 bits per heavy atom. The van der Waals surface area contributed by atoms with Crippen molar-refractivity contribution in [1.82, 2.24) is 0 Å². The maximum atomic E-state index is 12.1. The van der Waals surface area contributed by atoms with Gasteiger partial charge in [0, 0.05) is 39.2 Å². The van der Waals surface area contributed by atoms with Crippen molar-refractivity contribution in [2.75, 3.05) is 0 Å². The lowest BCUT2D eigenvalue weighted by molar-refractivity contribution is -0.327. The van der Waals surface area contributed by atoms with Crippen molar-refractivity contribution < 1.29 is 53.1 Å². The number of Topliss-reactive ketones (excluding diaryl/α,β-unsaturated/α-hetero) is 1. The first-order valence-corrected chi connectivity index (χ1v) is 14.3. The summed E-state index contributed by atoms with van der Waals surface area (Å²) in [6, 6.07) is 4.39. The van der Waals surface area contributed by atoms with Gasteiger partial charge in [-0.2, -0.15) is 0 Å². The third kappa shape index (κ3) is 12.2. The zero-order chi connectivity index (χ0) is 32.3. The number of aromatic hydroxyl groups is 1. The quantitative estimate of drug-likeness (QED) is 0.176. The Morgan fingerprint density at radius 3 is 2.12 bits per heavy atom. The highest BCUT2D eigenvalue weighted by molar-refractivity contribution is 5.80. The Morgan fingerprint density at radius 2 is 1.51 bits per heavy atom. The SMILES string of the molecule is CC(=O)OC1OC(Oc2ccc(O)cc2CC=C(C)CCC=C(C)CC(=O)CC(C)C)C(O)C(OC(C)=O)C1OC(C)=O. The molecule has 0 spiro atoms. The molecule has 1 aromatic carbocycles.